The number of carbonyl (C=O) groups is 1. The van der Waals surface area contributed by atoms with E-state index in [-0.39, 0.29) is 12.6 Å². The number of nitrogens with zero attached hydrogens (tertiary/aromatic N) is 2. The molecule has 7 nitrogen and oxygen atoms in total. The van der Waals surface area contributed by atoms with Crippen LogP contribution in [0.15, 0.2) is 60.9 Å². The van der Waals surface area contributed by atoms with Crippen LogP contribution < -0.4 is 14.9 Å². The molecule has 0 radical (unpaired) electrons. The first kappa shape index (κ1) is 20.8. The molecule has 0 atom stereocenters. The molecule has 0 fully saturated rings. The fourth-order valence-electron chi connectivity index (χ4n) is 3.74. The Labute approximate surface area is 200 Å². The minimum absolute atomic E-state index is 0.182. The summed E-state index contributed by atoms with van der Waals surface area (Å²) in [7, 11) is 0. The number of benzene rings is 2. The molecule has 1 amide bonds. The minimum Gasteiger partial charge on any atom is -0.454 e. The van der Waals surface area contributed by atoms with Gasteiger partial charge in [-0.15, -0.1) is 0 Å². The van der Waals surface area contributed by atoms with E-state index in [4.69, 9.17) is 13.9 Å². The first-order chi connectivity index (χ1) is 15.4. The van der Waals surface area contributed by atoms with Gasteiger partial charge < -0.3 is 18.5 Å². The van der Waals surface area contributed by atoms with Crippen LogP contribution in [0.5, 0.6) is 11.5 Å². The van der Waals surface area contributed by atoms with Gasteiger partial charge in [0.15, 0.2) is 17.3 Å². The van der Waals surface area contributed by atoms with Gasteiger partial charge in [-0.3, -0.25) is 4.79 Å². The van der Waals surface area contributed by atoms with Crippen molar-refractivity contribution < 1.29 is 18.7 Å². The normalized spacial score (nSPS) is 12.8. The SMILES string of the molecule is Cc1cc(/C=N\NC(=O)c2cc3cc(Br)cc(Br)c3o2)c(C)n1-c1ccc2c(c1)OCO2. The lowest BCUT2D eigenvalue weighted by Crippen LogP contribution is -2.16. The Morgan fingerprint density at radius 1 is 1.09 bits per heavy atom. The maximum atomic E-state index is 12.5. The molecule has 1 N–H and O–H groups in total. The summed E-state index contributed by atoms with van der Waals surface area (Å²) in [5, 5.41) is 4.94. The van der Waals surface area contributed by atoms with E-state index in [1.807, 2.05) is 50.2 Å². The van der Waals surface area contributed by atoms with E-state index in [2.05, 4.69) is 47.0 Å². The maximum Gasteiger partial charge on any atom is 0.307 e. The summed E-state index contributed by atoms with van der Waals surface area (Å²) < 4.78 is 20.3. The van der Waals surface area contributed by atoms with Crippen molar-refractivity contribution in [3.8, 4) is 17.2 Å². The highest BCUT2D eigenvalue weighted by molar-refractivity contribution is 9.11. The lowest BCUT2D eigenvalue weighted by Gasteiger charge is -2.10. The number of hydrogen-bond donors (Lipinski definition) is 1. The lowest BCUT2D eigenvalue weighted by molar-refractivity contribution is 0.0929. The molecule has 9 heteroatoms. The predicted octanol–water partition coefficient (Wildman–Crippen LogP) is 5.86. The van der Waals surface area contributed by atoms with Crippen molar-refractivity contribution in [3.63, 3.8) is 0 Å². The Balaban J connectivity index is 1.36. The Bertz CT molecular complexity index is 1400. The van der Waals surface area contributed by atoms with Gasteiger partial charge in [-0.25, -0.2) is 5.43 Å². The number of ether oxygens (including phenoxy) is 2. The van der Waals surface area contributed by atoms with Crippen LogP contribution in [0.1, 0.15) is 27.5 Å². The Morgan fingerprint density at radius 3 is 2.75 bits per heavy atom. The van der Waals surface area contributed by atoms with Gasteiger partial charge in [-0.05, 0) is 66.2 Å². The Hall–Kier alpha value is -3.04. The fourth-order valence-corrected chi connectivity index (χ4v) is 5.08. The second kappa shape index (κ2) is 8.14. The molecule has 0 unspecified atom stereocenters. The molecule has 162 valence electrons. The van der Waals surface area contributed by atoms with Gasteiger partial charge in [0.2, 0.25) is 6.79 Å². The summed E-state index contributed by atoms with van der Waals surface area (Å²) in [4.78, 5) is 12.5. The molecule has 32 heavy (non-hydrogen) atoms. The quantitative estimate of drug-likeness (QED) is 0.251. The summed E-state index contributed by atoms with van der Waals surface area (Å²) in [5.74, 6) is 1.22. The average Bonchev–Trinajstić information content (AvgIpc) is 3.45. The fraction of sp³-hybridized carbons (Fsp3) is 0.130. The zero-order chi connectivity index (χ0) is 22.4. The molecule has 5 rings (SSSR count). The zero-order valence-electron chi connectivity index (χ0n) is 17.1. The van der Waals surface area contributed by atoms with E-state index < -0.39 is 5.91 Å². The first-order valence-electron chi connectivity index (χ1n) is 9.71. The molecule has 1 aliphatic rings. The maximum absolute atomic E-state index is 12.5. The van der Waals surface area contributed by atoms with Crippen LogP contribution in [0.2, 0.25) is 0 Å². The number of hydrazone groups is 1. The van der Waals surface area contributed by atoms with E-state index >= 15 is 0 Å². The topological polar surface area (TPSA) is 78.0 Å². The Morgan fingerprint density at radius 2 is 1.91 bits per heavy atom. The molecular weight excluding hydrogens is 542 g/mol. The van der Waals surface area contributed by atoms with E-state index in [0.717, 1.165) is 48.5 Å². The van der Waals surface area contributed by atoms with Crippen molar-refractivity contribution in [2.24, 2.45) is 5.10 Å². The molecule has 2 aromatic carbocycles. The highest BCUT2D eigenvalue weighted by atomic mass is 79.9. The number of amides is 1. The van der Waals surface area contributed by atoms with E-state index in [9.17, 15) is 4.79 Å². The van der Waals surface area contributed by atoms with Crippen LogP contribution in [-0.2, 0) is 0 Å². The first-order valence-corrected chi connectivity index (χ1v) is 11.3. The third-order valence-corrected chi connectivity index (χ3v) is 6.26. The van der Waals surface area contributed by atoms with Crippen LogP contribution in [0.4, 0.5) is 0 Å². The largest absolute Gasteiger partial charge is 0.454 e. The van der Waals surface area contributed by atoms with Gasteiger partial charge in [0, 0.05) is 38.6 Å². The summed E-state index contributed by atoms with van der Waals surface area (Å²) in [6.07, 6.45) is 1.62. The summed E-state index contributed by atoms with van der Waals surface area (Å²) in [6, 6.07) is 13.3. The van der Waals surface area contributed by atoms with Crippen molar-refractivity contribution in [1.82, 2.24) is 9.99 Å². The highest BCUT2D eigenvalue weighted by Gasteiger charge is 2.17. The molecule has 3 heterocycles. The third kappa shape index (κ3) is 3.71. The van der Waals surface area contributed by atoms with Crippen LogP contribution in [0.3, 0.4) is 0 Å². The van der Waals surface area contributed by atoms with Crippen molar-refractivity contribution >= 4 is 55.0 Å². The van der Waals surface area contributed by atoms with Gasteiger partial charge in [0.05, 0.1) is 10.7 Å². The summed E-state index contributed by atoms with van der Waals surface area (Å²) in [5.41, 5.74) is 7.01. The van der Waals surface area contributed by atoms with Crippen molar-refractivity contribution in [2.45, 2.75) is 13.8 Å². The number of rotatable bonds is 4. The number of carbonyl (C=O) groups excluding carboxylic acids is 1. The van der Waals surface area contributed by atoms with E-state index in [1.54, 1.807) is 12.3 Å². The molecular formula is C23H17Br2N3O4. The second-order valence-corrected chi connectivity index (χ2v) is 9.09. The number of furan rings is 1. The van der Waals surface area contributed by atoms with Crippen molar-refractivity contribution in [2.75, 3.05) is 6.79 Å². The summed E-state index contributed by atoms with van der Waals surface area (Å²) in [6.45, 7) is 4.24. The number of aromatic nitrogens is 1. The molecule has 4 aromatic rings. The lowest BCUT2D eigenvalue weighted by atomic mass is 10.2. The number of fused-ring (bicyclic) bond motifs is 2. The zero-order valence-corrected chi connectivity index (χ0v) is 20.3. The van der Waals surface area contributed by atoms with Gasteiger partial charge in [0.25, 0.3) is 0 Å². The molecule has 2 aromatic heterocycles. The minimum atomic E-state index is -0.426. The van der Waals surface area contributed by atoms with Gasteiger partial charge in [-0.1, -0.05) is 15.9 Å². The van der Waals surface area contributed by atoms with Gasteiger partial charge in [-0.2, -0.15) is 5.10 Å². The van der Waals surface area contributed by atoms with Crippen LogP contribution in [-0.4, -0.2) is 23.5 Å². The molecule has 0 saturated carbocycles. The molecule has 0 spiro atoms. The van der Waals surface area contributed by atoms with Gasteiger partial charge in [0.1, 0.15) is 5.58 Å². The average molecular weight is 559 g/mol. The highest BCUT2D eigenvalue weighted by Crippen LogP contribution is 2.35. The van der Waals surface area contributed by atoms with Crippen molar-refractivity contribution in [3.05, 3.63) is 74.1 Å². The van der Waals surface area contributed by atoms with Crippen LogP contribution >= 0.6 is 31.9 Å². The van der Waals surface area contributed by atoms with Crippen molar-refractivity contribution in [1.29, 1.82) is 0 Å². The summed E-state index contributed by atoms with van der Waals surface area (Å²) >= 11 is 6.88. The molecule has 0 aliphatic carbocycles. The molecule has 0 bridgehead atoms. The predicted molar refractivity (Wildman–Crippen MR) is 128 cm³/mol. The number of hydrogen-bond acceptors (Lipinski definition) is 5. The van der Waals surface area contributed by atoms with Crippen LogP contribution in [0, 0.1) is 13.8 Å². The van der Waals surface area contributed by atoms with E-state index in [0.29, 0.717) is 5.58 Å². The third-order valence-electron chi connectivity index (χ3n) is 5.21. The standard InChI is InChI=1S/C23H17Br2N3O4/c1-12-5-15(13(2)28(12)17-3-4-19-20(9-17)31-11-30-19)10-26-27-23(29)21-7-14-6-16(24)8-18(25)22(14)32-21/h3-10H,11H2,1-2H3,(H,27,29)/b26-10-. The Kier molecular flexibility index (Phi) is 5.30. The van der Waals surface area contributed by atoms with Gasteiger partial charge >= 0.3 is 5.91 Å². The smallest absolute Gasteiger partial charge is 0.307 e. The monoisotopic (exact) mass is 557 g/mol. The molecule has 1 aliphatic heterocycles. The van der Waals surface area contributed by atoms with Crippen LogP contribution in [0.25, 0.3) is 16.7 Å². The second-order valence-electron chi connectivity index (χ2n) is 7.32. The number of aryl methyl sites for hydroxylation is 1. The van der Waals surface area contributed by atoms with E-state index in [1.165, 1.54) is 0 Å². The molecule has 0 saturated heterocycles. The number of halogens is 2. The number of nitrogens with one attached hydrogen (secondary N) is 1.